The molecule has 0 fully saturated rings. The average molecular weight is 418 g/mol. The zero-order chi connectivity index (χ0) is 22.0. The molecule has 3 aromatic rings. The number of nitrogens with zero attached hydrogens (tertiary/aromatic N) is 2. The summed E-state index contributed by atoms with van der Waals surface area (Å²) in [5.41, 5.74) is 5.89. The zero-order valence-electron chi connectivity index (χ0n) is 18.0. The highest BCUT2D eigenvalue weighted by Crippen LogP contribution is 2.32. The van der Waals surface area contributed by atoms with Crippen LogP contribution in [0, 0.1) is 0 Å². The Morgan fingerprint density at radius 1 is 1.19 bits per heavy atom. The van der Waals surface area contributed by atoms with Crippen LogP contribution in [0.3, 0.4) is 0 Å². The molecule has 0 bridgehead atoms. The molecule has 0 saturated heterocycles. The van der Waals surface area contributed by atoms with Crippen LogP contribution in [0.15, 0.2) is 48.8 Å². The van der Waals surface area contributed by atoms with Gasteiger partial charge in [0.15, 0.2) is 0 Å². The van der Waals surface area contributed by atoms with E-state index < -0.39 is 0 Å². The molecule has 0 aliphatic carbocycles. The summed E-state index contributed by atoms with van der Waals surface area (Å²) >= 11 is 0. The van der Waals surface area contributed by atoms with Crippen molar-refractivity contribution in [1.82, 2.24) is 20.2 Å². The maximum Gasteiger partial charge on any atom is 0.317 e. The molecule has 0 spiro atoms. The van der Waals surface area contributed by atoms with Crippen molar-refractivity contribution in [1.29, 1.82) is 0 Å². The van der Waals surface area contributed by atoms with Crippen LogP contribution in [0.4, 0.5) is 10.5 Å². The van der Waals surface area contributed by atoms with Gasteiger partial charge in [0.2, 0.25) is 5.91 Å². The lowest BCUT2D eigenvalue weighted by molar-refractivity contribution is -0.114. The molecule has 160 valence electrons. The molecule has 0 unspecified atom stereocenters. The minimum Gasteiger partial charge on any atom is -0.346 e. The molecule has 3 heterocycles. The van der Waals surface area contributed by atoms with E-state index in [-0.39, 0.29) is 18.0 Å². The van der Waals surface area contributed by atoms with E-state index in [0.717, 1.165) is 39.8 Å². The van der Waals surface area contributed by atoms with Gasteiger partial charge < -0.3 is 20.5 Å². The number of fused-ring (bicyclic) bond motifs is 1. The quantitative estimate of drug-likeness (QED) is 0.588. The predicted molar refractivity (Wildman–Crippen MR) is 124 cm³/mol. The number of hydrogen-bond donors (Lipinski definition) is 3. The van der Waals surface area contributed by atoms with Crippen molar-refractivity contribution in [2.45, 2.75) is 33.2 Å². The summed E-state index contributed by atoms with van der Waals surface area (Å²) in [5, 5.41) is 6.82. The van der Waals surface area contributed by atoms with Gasteiger partial charge in [0.05, 0.1) is 0 Å². The second-order valence-corrected chi connectivity index (χ2v) is 8.11. The zero-order valence-corrected chi connectivity index (χ0v) is 18.0. The van der Waals surface area contributed by atoms with Crippen molar-refractivity contribution in [2.75, 3.05) is 18.4 Å². The smallest absolute Gasteiger partial charge is 0.317 e. The number of pyridine rings is 1. The van der Waals surface area contributed by atoms with Crippen molar-refractivity contribution in [3.63, 3.8) is 0 Å². The van der Waals surface area contributed by atoms with Crippen LogP contribution in [0.25, 0.3) is 27.7 Å². The van der Waals surface area contributed by atoms with Crippen LogP contribution in [0.5, 0.6) is 0 Å². The number of hydrogen-bond acceptors (Lipinski definition) is 3. The Balaban J connectivity index is 1.61. The molecule has 1 aliphatic rings. The largest absolute Gasteiger partial charge is 0.346 e. The van der Waals surface area contributed by atoms with Gasteiger partial charge in [-0.2, -0.15) is 0 Å². The fraction of sp³-hybridized carbons (Fsp3) is 0.292. The molecule has 0 atom stereocenters. The first-order valence-corrected chi connectivity index (χ1v) is 10.5. The lowest BCUT2D eigenvalue weighted by Crippen LogP contribution is -2.44. The minimum absolute atomic E-state index is 0.0211. The highest BCUT2D eigenvalue weighted by molar-refractivity contribution is 5.94. The highest BCUT2D eigenvalue weighted by Gasteiger charge is 2.20. The first kappa shape index (κ1) is 20.7. The summed E-state index contributed by atoms with van der Waals surface area (Å²) in [6, 6.07) is 9.97. The van der Waals surface area contributed by atoms with Crippen molar-refractivity contribution in [3.8, 4) is 11.1 Å². The SMILES string of the molecule is CC(=O)Nc1cccc(-c2cnc3[nH]cc(C4=CCN(C(=O)NC(C)C)CC4)c3c2)c1. The summed E-state index contributed by atoms with van der Waals surface area (Å²) < 4.78 is 0. The van der Waals surface area contributed by atoms with Gasteiger partial charge in [0.1, 0.15) is 5.65 Å². The van der Waals surface area contributed by atoms with Gasteiger partial charge in [-0.05, 0) is 49.6 Å². The third-order valence-corrected chi connectivity index (χ3v) is 5.30. The first-order valence-electron chi connectivity index (χ1n) is 10.5. The van der Waals surface area contributed by atoms with Crippen LogP contribution in [0.1, 0.15) is 32.8 Å². The molecule has 4 rings (SSSR count). The number of urea groups is 1. The second kappa shape index (κ2) is 8.63. The Labute approximate surface area is 181 Å². The van der Waals surface area contributed by atoms with Gasteiger partial charge in [0.25, 0.3) is 0 Å². The number of carbonyl (C=O) groups is 2. The average Bonchev–Trinajstić information content (AvgIpc) is 3.16. The number of aromatic nitrogens is 2. The molecule has 2 aromatic heterocycles. The third-order valence-electron chi connectivity index (χ3n) is 5.30. The van der Waals surface area contributed by atoms with Crippen LogP contribution >= 0.6 is 0 Å². The van der Waals surface area contributed by atoms with Crippen molar-refractivity contribution < 1.29 is 9.59 Å². The Morgan fingerprint density at radius 3 is 2.74 bits per heavy atom. The first-order chi connectivity index (χ1) is 14.9. The van der Waals surface area contributed by atoms with E-state index in [1.54, 1.807) is 0 Å². The predicted octanol–water partition coefficient (Wildman–Crippen LogP) is 4.40. The summed E-state index contributed by atoms with van der Waals surface area (Å²) in [4.78, 5) is 33.3. The fourth-order valence-electron chi connectivity index (χ4n) is 3.84. The number of H-pyrrole nitrogens is 1. The Hall–Kier alpha value is -3.61. The summed E-state index contributed by atoms with van der Waals surface area (Å²) in [6.07, 6.45) is 6.74. The minimum atomic E-state index is -0.0981. The topological polar surface area (TPSA) is 90.1 Å². The van der Waals surface area contributed by atoms with E-state index in [9.17, 15) is 9.59 Å². The molecule has 31 heavy (non-hydrogen) atoms. The highest BCUT2D eigenvalue weighted by atomic mass is 16.2. The Bertz CT molecular complexity index is 1160. The van der Waals surface area contributed by atoms with Crippen molar-refractivity contribution in [3.05, 3.63) is 54.4 Å². The molecule has 7 nitrogen and oxygen atoms in total. The van der Waals surface area contributed by atoms with Gasteiger partial charge >= 0.3 is 6.03 Å². The van der Waals surface area contributed by atoms with Gasteiger partial charge in [-0.25, -0.2) is 9.78 Å². The molecule has 0 saturated carbocycles. The van der Waals surface area contributed by atoms with E-state index in [4.69, 9.17) is 0 Å². The molecule has 1 aromatic carbocycles. The van der Waals surface area contributed by atoms with Crippen LogP contribution < -0.4 is 10.6 Å². The normalized spacial score (nSPS) is 13.9. The lowest BCUT2D eigenvalue weighted by atomic mass is 9.98. The fourth-order valence-corrected chi connectivity index (χ4v) is 3.84. The lowest BCUT2D eigenvalue weighted by Gasteiger charge is -2.27. The van der Waals surface area contributed by atoms with Crippen LogP contribution in [-0.4, -0.2) is 45.9 Å². The molecular weight excluding hydrogens is 390 g/mol. The van der Waals surface area contributed by atoms with Gasteiger partial charge in [0, 0.05) is 60.6 Å². The van der Waals surface area contributed by atoms with E-state index in [0.29, 0.717) is 13.1 Å². The summed E-state index contributed by atoms with van der Waals surface area (Å²) in [5.74, 6) is -0.0981. The molecule has 3 N–H and O–H groups in total. The van der Waals surface area contributed by atoms with E-state index in [2.05, 4.69) is 32.7 Å². The number of rotatable bonds is 4. The Morgan fingerprint density at radius 2 is 2.03 bits per heavy atom. The van der Waals surface area contributed by atoms with Crippen LogP contribution in [0.2, 0.25) is 0 Å². The summed E-state index contributed by atoms with van der Waals surface area (Å²) in [7, 11) is 0. The van der Waals surface area contributed by atoms with E-state index in [1.807, 2.05) is 55.4 Å². The number of carbonyl (C=O) groups excluding carboxylic acids is 2. The molecule has 1 aliphatic heterocycles. The van der Waals surface area contributed by atoms with Gasteiger partial charge in [-0.15, -0.1) is 0 Å². The number of anilines is 1. The monoisotopic (exact) mass is 417 g/mol. The van der Waals surface area contributed by atoms with Gasteiger partial charge in [-0.3, -0.25) is 4.79 Å². The molecule has 3 amide bonds. The number of benzene rings is 1. The molecule has 7 heteroatoms. The standard InChI is InChI=1S/C24H27N5O2/c1-15(2)27-24(31)29-9-7-17(8-10-29)22-14-26-23-21(22)12-19(13-25-23)18-5-4-6-20(11-18)28-16(3)30/h4-7,11-15H,8-10H2,1-3H3,(H,25,26)(H,27,31)(H,28,30). The van der Waals surface area contributed by atoms with Crippen molar-refractivity contribution >= 4 is 34.2 Å². The second-order valence-electron chi connectivity index (χ2n) is 8.11. The third kappa shape index (κ3) is 4.60. The number of amides is 3. The molecule has 0 radical (unpaired) electrons. The Kier molecular flexibility index (Phi) is 5.75. The number of aromatic amines is 1. The van der Waals surface area contributed by atoms with E-state index in [1.165, 1.54) is 12.5 Å². The maximum absolute atomic E-state index is 12.3. The number of nitrogens with one attached hydrogen (secondary N) is 3. The molecular formula is C24H27N5O2. The van der Waals surface area contributed by atoms with E-state index >= 15 is 0 Å². The maximum atomic E-state index is 12.3. The van der Waals surface area contributed by atoms with Gasteiger partial charge in [-0.1, -0.05) is 18.2 Å². The van der Waals surface area contributed by atoms with Crippen molar-refractivity contribution in [2.24, 2.45) is 0 Å². The van der Waals surface area contributed by atoms with Crippen LogP contribution in [-0.2, 0) is 4.79 Å². The summed E-state index contributed by atoms with van der Waals surface area (Å²) in [6.45, 7) is 6.70.